The Bertz CT molecular complexity index is 475. The van der Waals surface area contributed by atoms with E-state index in [9.17, 15) is 5.11 Å². The van der Waals surface area contributed by atoms with Gasteiger partial charge in [0.2, 0.25) is 5.96 Å². The second-order valence-electron chi connectivity index (χ2n) is 3.18. The average molecular weight is 254 g/mol. The summed E-state index contributed by atoms with van der Waals surface area (Å²) in [5.41, 5.74) is 5.21. The van der Waals surface area contributed by atoms with Gasteiger partial charge in [0.05, 0.1) is 26.0 Å². The van der Waals surface area contributed by atoms with Gasteiger partial charge in [-0.05, 0) is 0 Å². The molecule has 0 amide bonds. The molecule has 0 aliphatic carbocycles. The van der Waals surface area contributed by atoms with Crippen molar-refractivity contribution in [3.63, 3.8) is 0 Å². The molecule has 0 aliphatic heterocycles. The Morgan fingerprint density at radius 3 is 2.61 bits per heavy atom. The maximum atomic E-state index is 9.75. The van der Waals surface area contributed by atoms with E-state index in [1.165, 1.54) is 26.4 Å². The molecule has 98 valence electrons. The number of hydrogen-bond acceptors (Lipinski definition) is 6. The van der Waals surface area contributed by atoms with Crippen LogP contribution in [0.3, 0.4) is 0 Å². The van der Waals surface area contributed by atoms with Gasteiger partial charge in [-0.25, -0.2) is 0 Å². The van der Waals surface area contributed by atoms with E-state index in [-0.39, 0.29) is 16.5 Å². The summed E-state index contributed by atoms with van der Waals surface area (Å²) in [5.74, 6) is -0.0911. The Labute approximate surface area is 103 Å². The highest BCUT2D eigenvalue weighted by Gasteiger charge is 2.10. The standard InChI is InChI=1S/C10H14N4O4/c1-17-6-3-8(15)7(9(4-6)18-2)5-13-14(16)10(11)12/h3-5,15-16H,1-2H3,(H3,11,12). The molecule has 0 radical (unpaired) electrons. The Morgan fingerprint density at radius 2 is 2.11 bits per heavy atom. The summed E-state index contributed by atoms with van der Waals surface area (Å²) in [5, 5.41) is 29.3. The highest BCUT2D eigenvalue weighted by Crippen LogP contribution is 2.31. The number of ether oxygens (including phenoxy) is 2. The summed E-state index contributed by atoms with van der Waals surface area (Å²) in [4.78, 5) is 0. The number of aromatic hydroxyl groups is 1. The van der Waals surface area contributed by atoms with Gasteiger partial charge in [0.1, 0.15) is 17.2 Å². The van der Waals surface area contributed by atoms with E-state index in [4.69, 9.17) is 25.8 Å². The quantitative estimate of drug-likeness (QED) is 0.348. The highest BCUT2D eigenvalue weighted by atomic mass is 16.5. The fraction of sp³-hybridized carbons (Fsp3) is 0.200. The summed E-state index contributed by atoms with van der Waals surface area (Å²) in [7, 11) is 2.86. The first-order valence-corrected chi connectivity index (χ1v) is 4.81. The molecule has 0 unspecified atom stereocenters. The van der Waals surface area contributed by atoms with Crippen LogP contribution in [0.5, 0.6) is 17.2 Å². The van der Waals surface area contributed by atoms with Crippen LogP contribution in [0.15, 0.2) is 17.2 Å². The molecule has 0 fully saturated rings. The molecule has 0 spiro atoms. The maximum absolute atomic E-state index is 9.75. The van der Waals surface area contributed by atoms with Gasteiger partial charge < -0.3 is 20.3 Å². The van der Waals surface area contributed by atoms with Crippen LogP contribution in [-0.2, 0) is 0 Å². The topological polar surface area (TPSA) is 124 Å². The second-order valence-corrected chi connectivity index (χ2v) is 3.18. The Kier molecular flexibility index (Phi) is 4.33. The minimum absolute atomic E-state index is 0.146. The van der Waals surface area contributed by atoms with Gasteiger partial charge in [-0.2, -0.15) is 5.10 Å². The monoisotopic (exact) mass is 254 g/mol. The van der Waals surface area contributed by atoms with E-state index in [1.54, 1.807) is 0 Å². The number of phenolic OH excluding ortho intramolecular Hbond substituents is 1. The molecule has 0 aromatic heterocycles. The van der Waals surface area contributed by atoms with Crippen molar-refractivity contribution >= 4 is 12.2 Å². The molecular formula is C10H14N4O4. The normalized spacial score (nSPS) is 10.4. The first kappa shape index (κ1) is 13.6. The lowest BCUT2D eigenvalue weighted by atomic mass is 10.2. The number of rotatable bonds is 4. The molecule has 0 saturated carbocycles. The van der Waals surface area contributed by atoms with Gasteiger partial charge in [-0.3, -0.25) is 10.6 Å². The van der Waals surface area contributed by atoms with Crippen LogP contribution in [0, 0.1) is 5.41 Å². The molecule has 1 aromatic carbocycles. The van der Waals surface area contributed by atoms with Gasteiger partial charge in [0, 0.05) is 12.1 Å². The molecule has 8 nitrogen and oxygen atoms in total. The van der Waals surface area contributed by atoms with Crippen molar-refractivity contribution in [3.8, 4) is 17.2 Å². The van der Waals surface area contributed by atoms with Crippen molar-refractivity contribution in [2.24, 2.45) is 10.8 Å². The highest BCUT2D eigenvalue weighted by molar-refractivity contribution is 5.88. The van der Waals surface area contributed by atoms with Gasteiger partial charge in [0.25, 0.3) is 0 Å². The third-order valence-electron chi connectivity index (χ3n) is 2.06. The summed E-state index contributed by atoms with van der Waals surface area (Å²) in [6, 6.07) is 2.90. The van der Waals surface area contributed by atoms with Crippen molar-refractivity contribution in [1.29, 1.82) is 5.41 Å². The van der Waals surface area contributed by atoms with Crippen molar-refractivity contribution < 1.29 is 19.8 Å². The smallest absolute Gasteiger partial charge is 0.236 e. The first-order chi connectivity index (χ1) is 8.49. The van der Waals surface area contributed by atoms with Crippen molar-refractivity contribution in [2.45, 2.75) is 0 Å². The molecule has 1 aromatic rings. The lowest BCUT2D eigenvalue weighted by Gasteiger charge is -2.10. The molecule has 8 heteroatoms. The van der Waals surface area contributed by atoms with E-state index in [0.29, 0.717) is 11.5 Å². The number of guanidine groups is 1. The number of hydrazone groups is 1. The fourth-order valence-electron chi connectivity index (χ4n) is 1.18. The van der Waals surface area contributed by atoms with Crippen LogP contribution in [0.1, 0.15) is 5.56 Å². The molecule has 0 saturated heterocycles. The number of hydroxylamine groups is 1. The number of nitrogens with zero attached hydrogens (tertiary/aromatic N) is 2. The van der Waals surface area contributed by atoms with E-state index in [0.717, 1.165) is 6.21 Å². The SMILES string of the molecule is COc1cc(O)c(C=NN(O)C(=N)N)c(OC)c1. The van der Waals surface area contributed by atoms with E-state index >= 15 is 0 Å². The predicted molar refractivity (Wildman–Crippen MR) is 64.3 cm³/mol. The Hall–Kier alpha value is -2.48. The first-order valence-electron chi connectivity index (χ1n) is 4.81. The molecule has 0 heterocycles. The molecule has 5 N–H and O–H groups in total. The number of phenols is 1. The minimum atomic E-state index is -0.654. The zero-order chi connectivity index (χ0) is 13.7. The number of hydrogen-bond donors (Lipinski definition) is 4. The molecule has 18 heavy (non-hydrogen) atoms. The fourth-order valence-corrected chi connectivity index (χ4v) is 1.18. The predicted octanol–water partition coefficient (Wildman–Crippen LogP) is 0.328. The minimum Gasteiger partial charge on any atom is -0.507 e. The van der Waals surface area contributed by atoms with Crippen LogP contribution < -0.4 is 15.2 Å². The number of methoxy groups -OCH3 is 2. The van der Waals surface area contributed by atoms with Crippen LogP contribution in [0.4, 0.5) is 0 Å². The third-order valence-corrected chi connectivity index (χ3v) is 2.06. The van der Waals surface area contributed by atoms with E-state index < -0.39 is 5.96 Å². The summed E-state index contributed by atoms with van der Waals surface area (Å²) >= 11 is 0. The molecular weight excluding hydrogens is 240 g/mol. The zero-order valence-corrected chi connectivity index (χ0v) is 9.91. The van der Waals surface area contributed by atoms with E-state index in [1.807, 2.05) is 0 Å². The Balaban J connectivity index is 3.12. The van der Waals surface area contributed by atoms with Crippen LogP contribution >= 0.6 is 0 Å². The maximum Gasteiger partial charge on any atom is 0.236 e. The lowest BCUT2D eigenvalue weighted by molar-refractivity contribution is -0.0139. The van der Waals surface area contributed by atoms with Gasteiger partial charge in [-0.1, -0.05) is 0 Å². The largest absolute Gasteiger partial charge is 0.507 e. The summed E-state index contributed by atoms with van der Waals surface area (Å²) in [6.45, 7) is 0. The van der Waals surface area contributed by atoms with E-state index in [2.05, 4.69) is 5.10 Å². The van der Waals surface area contributed by atoms with Gasteiger partial charge >= 0.3 is 0 Å². The summed E-state index contributed by atoms with van der Waals surface area (Å²) < 4.78 is 10.0. The number of nitrogens with one attached hydrogen (secondary N) is 1. The second kappa shape index (κ2) is 5.73. The zero-order valence-electron chi connectivity index (χ0n) is 9.91. The average Bonchev–Trinajstić information content (AvgIpc) is 2.35. The van der Waals surface area contributed by atoms with Crippen LogP contribution in [-0.4, -0.2) is 41.9 Å². The van der Waals surface area contributed by atoms with Gasteiger partial charge in [-0.15, -0.1) is 5.17 Å². The molecule has 0 atom stereocenters. The van der Waals surface area contributed by atoms with Crippen molar-refractivity contribution in [3.05, 3.63) is 17.7 Å². The van der Waals surface area contributed by atoms with Crippen LogP contribution in [0.2, 0.25) is 0 Å². The van der Waals surface area contributed by atoms with Crippen LogP contribution in [0.25, 0.3) is 0 Å². The number of nitrogens with two attached hydrogens (primary N) is 1. The lowest BCUT2D eigenvalue weighted by Crippen LogP contribution is -2.28. The molecule has 1 rings (SSSR count). The van der Waals surface area contributed by atoms with Crippen molar-refractivity contribution in [1.82, 2.24) is 5.17 Å². The molecule has 0 bridgehead atoms. The van der Waals surface area contributed by atoms with Gasteiger partial charge in [0.15, 0.2) is 0 Å². The number of benzene rings is 1. The summed E-state index contributed by atoms with van der Waals surface area (Å²) in [6.07, 6.45) is 1.11. The third kappa shape index (κ3) is 3.01. The van der Waals surface area contributed by atoms with Crippen molar-refractivity contribution in [2.75, 3.05) is 14.2 Å². The Morgan fingerprint density at radius 1 is 1.44 bits per heavy atom. The molecule has 0 aliphatic rings.